The zero-order chi connectivity index (χ0) is 13.8. The van der Waals surface area contributed by atoms with Crippen molar-refractivity contribution in [1.29, 1.82) is 0 Å². The molecule has 0 unspecified atom stereocenters. The highest BCUT2D eigenvalue weighted by Gasteiger charge is 2.16. The summed E-state index contributed by atoms with van der Waals surface area (Å²) in [5.74, 6) is -0.231. The van der Waals surface area contributed by atoms with Crippen LogP contribution in [0.25, 0.3) is 0 Å². The van der Waals surface area contributed by atoms with E-state index in [4.69, 9.17) is 5.11 Å². The predicted molar refractivity (Wildman–Crippen MR) is 68.9 cm³/mol. The second-order valence-electron chi connectivity index (χ2n) is 3.95. The standard InChI is InChI=1S/C14H11NO4/c16-9-12-8-11(6-7-13(12)15(18)19)14(17)10-4-2-1-3-5-10/h1-8,16H,9H2. The summed E-state index contributed by atoms with van der Waals surface area (Å²) in [4.78, 5) is 22.3. The normalized spacial score (nSPS) is 10.2. The first kappa shape index (κ1) is 12.9. The van der Waals surface area contributed by atoms with Gasteiger partial charge in [0, 0.05) is 17.2 Å². The Labute approximate surface area is 109 Å². The lowest BCUT2D eigenvalue weighted by atomic mass is 10.0. The molecule has 1 N–H and O–H groups in total. The Hall–Kier alpha value is -2.53. The van der Waals surface area contributed by atoms with Gasteiger partial charge in [-0.05, 0) is 12.1 Å². The van der Waals surface area contributed by atoms with E-state index in [0.29, 0.717) is 11.1 Å². The number of aliphatic hydroxyl groups excluding tert-OH is 1. The SMILES string of the molecule is O=C(c1ccccc1)c1ccc([N+](=O)[O-])c(CO)c1. The Kier molecular flexibility index (Phi) is 3.68. The van der Waals surface area contributed by atoms with Gasteiger partial charge in [0.2, 0.25) is 0 Å². The predicted octanol–water partition coefficient (Wildman–Crippen LogP) is 2.32. The molecule has 0 spiro atoms. The van der Waals surface area contributed by atoms with E-state index in [0.717, 1.165) is 0 Å². The summed E-state index contributed by atoms with van der Waals surface area (Å²) >= 11 is 0. The molecule has 19 heavy (non-hydrogen) atoms. The van der Waals surface area contributed by atoms with E-state index in [1.165, 1.54) is 18.2 Å². The summed E-state index contributed by atoms with van der Waals surface area (Å²) in [6, 6.07) is 12.6. The number of hydrogen-bond acceptors (Lipinski definition) is 4. The average Bonchev–Trinajstić information content (AvgIpc) is 2.46. The van der Waals surface area contributed by atoms with Crippen molar-refractivity contribution in [3.63, 3.8) is 0 Å². The fourth-order valence-corrected chi connectivity index (χ4v) is 1.79. The molecule has 0 heterocycles. The number of nitrogens with zero attached hydrogens (tertiary/aromatic N) is 1. The minimum absolute atomic E-state index is 0.131. The lowest BCUT2D eigenvalue weighted by Gasteiger charge is -2.04. The largest absolute Gasteiger partial charge is 0.391 e. The molecule has 0 aliphatic rings. The molecule has 0 radical (unpaired) electrons. The van der Waals surface area contributed by atoms with Crippen LogP contribution in [-0.4, -0.2) is 15.8 Å². The van der Waals surface area contributed by atoms with Gasteiger partial charge in [-0.2, -0.15) is 0 Å². The van der Waals surface area contributed by atoms with Gasteiger partial charge in [0.25, 0.3) is 5.69 Å². The monoisotopic (exact) mass is 257 g/mol. The lowest BCUT2D eigenvalue weighted by molar-refractivity contribution is -0.385. The number of nitro groups is 1. The van der Waals surface area contributed by atoms with Crippen molar-refractivity contribution in [3.8, 4) is 0 Å². The van der Waals surface area contributed by atoms with Crippen molar-refractivity contribution in [2.24, 2.45) is 0 Å². The van der Waals surface area contributed by atoms with Crippen molar-refractivity contribution in [2.45, 2.75) is 6.61 Å². The second kappa shape index (κ2) is 5.41. The fourth-order valence-electron chi connectivity index (χ4n) is 1.79. The van der Waals surface area contributed by atoms with E-state index in [9.17, 15) is 14.9 Å². The minimum Gasteiger partial charge on any atom is -0.391 e. The maximum atomic E-state index is 12.1. The van der Waals surface area contributed by atoms with Gasteiger partial charge < -0.3 is 5.11 Å². The third-order valence-corrected chi connectivity index (χ3v) is 2.74. The molecule has 2 rings (SSSR count). The van der Waals surface area contributed by atoms with Crippen LogP contribution in [0.4, 0.5) is 5.69 Å². The highest BCUT2D eigenvalue weighted by atomic mass is 16.6. The summed E-state index contributed by atoms with van der Waals surface area (Å²) in [7, 11) is 0. The Morgan fingerprint density at radius 1 is 1.11 bits per heavy atom. The highest BCUT2D eigenvalue weighted by molar-refractivity contribution is 6.09. The van der Waals surface area contributed by atoms with E-state index < -0.39 is 11.5 Å². The van der Waals surface area contributed by atoms with Crippen LogP contribution in [0.15, 0.2) is 48.5 Å². The van der Waals surface area contributed by atoms with Crippen molar-refractivity contribution in [2.75, 3.05) is 0 Å². The molecule has 0 bridgehead atoms. The molecule has 2 aromatic rings. The van der Waals surface area contributed by atoms with Gasteiger partial charge in [-0.15, -0.1) is 0 Å². The Morgan fingerprint density at radius 2 is 1.79 bits per heavy atom. The smallest absolute Gasteiger partial charge is 0.274 e. The number of ketones is 1. The second-order valence-corrected chi connectivity index (χ2v) is 3.95. The van der Waals surface area contributed by atoms with E-state index >= 15 is 0 Å². The first-order valence-electron chi connectivity index (χ1n) is 5.61. The zero-order valence-corrected chi connectivity index (χ0v) is 9.95. The van der Waals surface area contributed by atoms with Crippen LogP contribution in [-0.2, 0) is 6.61 Å². The van der Waals surface area contributed by atoms with Gasteiger partial charge in [-0.1, -0.05) is 30.3 Å². The van der Waals surface area contributed by atoms with E-state index in [1.54, 1.807) is 30.3 Å². The van der Waals surface area contributed by atoms with E-state index in [-0.39, 0.29) is 17.0 Å². The van der Waals surface area contributed by atoms with Crippen molar-refractivity contribution in [1.82, 2.24) is 0 Å². The summed E-state index contributed by atoms with van der Waals surface area (Å²) in [5, 5.41) is 19.9. The number of carbonyl (C=O) groups is 1. The number of hydrogen-bond donors (Lipinski definition) is 1. The Bertz CT molecular complexity index is 623. The molecule has 0 aliphatic heterocycles. The van der Waals surface area contributed by atoms with Crippen LogP contribution in [0.2, 0.25) is 0 Å². The van der Waals surface area contributed by atoms with Crippen LogP contribution in [0, 0.1) is 10.1 Å². The molecule has 0 saturated carbocycles. The number of aliphatic hydroxyl groups is 1. The minimum atomic E-state index is -0.581. The van der Waals surface area contributed by atoms with Crippen LogP contribution >= 0.6 is 0 Å². The molecule has 0 aliphatic carbocycles. The van der Waals surface area contributed by atoms with Crippen LogP contribution in [0.3, 0.4) is 0 Å². The van der Waals surface area contributed by atoms with Gasteiger partial charge in [-0.3, -0.25) is 14.9 Å². The number of carbonyl (C=O) groups excluding carboxylic acids is 1. The van der Waals surface area contributed by atoms with Gasteiger partial charge >= 0.3 is 0 Å². The van der Waals surface area contributed by atoms with E-state index in [2.05, 4.69) is 0 Å². The molecule has 5 nitrogen and oxygen atoms in total. The molecular formula is C14H11NO4. The summed E-state index contributed by atoms with van der Waals surface area (Å²) in [6.07, 6.45) is 0. The third-order valence-electron chi connectivity index (χ3n) is 2.74. The Balaban J connectivity index is 2.42. The van der Waals surface area contributed by atoms with Gasteiger partial charge in [0.05, 0.1) is 17.1 Å². The third kappa shape index (κ3) is 2.66. The molecule has 5 heteroatoms. The first-order chi connectivity index (χ1) is 9.13. The summed E-state index contributed by atoms with van der Waals surface area (Å²) in [5.41, 5.74) is 0.764. The van der Waals surface area contributed by atoms with Gasteiger partial charge in [0.15, 0.2) is 5.78 Å². The quantitative estimate of drug-likeness (QED) is 0.517. The fraction of sp³-hybridized carbons (Fsp3) is 0.0714. The molecule has 96 valence electrons. The summed E-state index contributed by atoms with van der Waals surface area (Å²) < 4.78 is 0. The molecular weight excluding hydrogens is 246 g/mol. The number of benzene rings is 2. The average molecular weight is 257 g/mol. The van der Waals surface area contributed by atoms with Gasteiger partial charge in [0.1, 0.15) is 0 Å². The van der Waals surface area contributed by atoms with Crippen molar-refractivity contribution >= 4 is 11.5 Å². The van der Waals surface area contributed by atoms with Crippen molar-refractivity contribution < 1.29 is 14.8 Å². The molecule has 2 aromatic carbocycles. The first-order valence-corrected chi connectivity index (χ1v) is 5.61. The molecule has 0 fully saturated rings. The highest BCUT2D eigenvalue weighted by Crippen LogP contribution is 2.21. The van der Waals surface area contributed by atoms with Crippen molar-refractivity contribution in [3.05, 3.63) is 75.3 Å². The van der Waals surface area contributed by atoms with E-state index in [1.807, 2.05) is 0 Å². The number of rotatable bonds is 4. The molecule has 0 saturated heterocycles. The molecule has 0 atom stereocenters. The zero-order valence-electron chi connectivity index (χ0n) is 9.95. The Morgan fingerprint density at radius 3 is 2.37 bits per heavy atom. The summed E-state index contributed by atoms with van der Waals surface area (Å²) in [6.45, 7) is -0.480. The lowest BCUT2D eigenvalue weighted by Crippen LogP contribution is -2.04. The maximum absolute atomic E-state index is 12.1. The molecule has 0 aromatic heterocycles. The maximum Gasteiger partial charge on any atom is 0.274 e. The van der Waals surface area contributed by atoms with Crippen LogP contribution in [0.5, 0.6) is 0 Å². The topological polar surface area (TPSA) is 80.4 Å². The van der Waals surface area contributed by atoms with Gasteiger partial charge in [-0.25, -0.2) is 0 Å². The van der Waals surface area contributed by atoms with Crippen LogP contribution in [0.1, 0.15) is 21.5 Å². The number of nitro benzene ring substituents is 1. The molecule has 0 amide bonds. The van der Waals surface area contributed by atoms with Crippen LogP contribution < -0.4 is 0 Å².